The number of hydrogen-bond donors (Lipinski definition) is 1. The Kier molecular flexibility index (Phi) is 17.4. The second-order valence-electron chi connectivity index (χ2n) is 8.68. The predicted octanol–water partition coefficient (Wildman–Crippen LogP) is 5.06. The van der Waals surface area contributed by atoms with Crippen LogP contribution < -0.4 is 0 Å². The summed E-state index contributed by atoms with van der Waals surface area (Å²) in [5, 5.41) is 10.2. The number of aliphatic hydroxyl groups is 1. The number of aliphatic hydroxyl groups excluding tert-OH is 1. The third-order valence-electron chi connectivity index (χ3n) is 5.87. The maximum atomic E-state index is 10.2. The zero-order valence-electron chi connectivity index (χ0n) is 21.1. The second kappa shape index (κ2) is 18.9. The van der Waals surface area contributed by atoms with Crippen LogP contribution in [0.1, 0.15) is 85.5 Å². The molecule has 1 aliphatic heterocycles. The lowest BCUT2D eigenvalue weighted by molar-refractivity contribution is -0.279. The van der Waals surface area contributed by atoms with Crippen molar-refractivity contribution in [3.8, 4) is 0 Å². The van der Waals surface area contributed by atoms with E-state index in [1.165, 1.54) is 0 Å². The average molecular weight is 459 g/mol. The molecule has 0 amide bonds. The fourth-order valence-electron chi connectivity index (χ4n) is 3.90. The lowest BCUT2D eigenvalue weighted by Gasteiger charge is -2.48. The van der Waals surface area contributed by atoms with E-state index in [0.29, 0.717) is 32.8 Å². The van der Waals surface area contributed by atoms with Crippen LogP contribution in [-0.4, -0.2) is 74.8 Å². The van der Waals surface area contributed by atoms with Crippen molar-refractivity contribution >= 4 is 0 Å². The Morgan fingerprint density at radius 2 is 1.28 bits per heavy atom. The Balaban J connectivity index is 3.18. The van der Waals surface area contributed by atoms with E-state index in [-0.39, 0.29) is 31.0 Å². The molecule has 0 bridgehead atoms. The molecule has 0 aromatic carbocycles. The summed E-state index contributed by atoms with van der Waals surface area (Å²) in [6.07, 6.45) is 8.63. The third kappa shape index (κ3) is 10.2. The van der Waals surface area contributed by atoms with Crippen molar-refractivity contribution in [2.45, 2.75) is 122 Å². The van der Waals surface area contributed by atoms with Crippen LogP contribution in [0.4, 0.5) is 0 Å². The van der Waals surface area contributed by atoms with E-state index in [1.807, 2.05) is 6.08 Å². The lowest BCUT2D eigenvalue weighted by Crippen LogP contribution is -2.63. The van der Waals surface area contributed by atoms with E-state index in [9.17, 15) is 5.11 Å². The van der Waals surface area contributed by atoms with Gasteiger partial charge in [-0.2, -0.15) is 0 Å². The minimum atomic E-state index is -0.464. The molecule has 2 unspecified atom stereocenters. The van der Waals surface area contributed by atoms with Crippen LogP contribution in [0.2, 0.25) is 0 Å². The van der Waals surface area contributed by atoms with Crippen LogP contribution in [0.5, 0.6) is 0 Å². The van der Waals surface area contributed by atoms with Crippen LogP contribution in [0, 0.1) is 0 Å². The molecule has 6 nitrogen and oxygen atoms in total. The summed E-state index contributed by atoms with van der Waals surface area (Å²) in [5.41, 5.74) is 0. The number of hydrogen-bond acceptors (Lipinski definition) is 6. The van der Waals surface area contributed by atoms with Crippen molar-refractivity contribution in [2.75, 3.05) is 33.0 Å². The molecule has 0 aromatic rings. The van der Waals surface area contributed by atoms with E-state index < -0.39 is 12.2 Å². The molecule has 1 heterocycles. The highest BCUT2D eigenvalue weighted by Crippen LogP contribution is 2.33. The Bertz CT molecular complexity index is 446. The van der Waals surface area contributed by atoms with Crippen molar-refractivity contribution < 1.29 is 28.8 Å². The average Bonchev–Trinajstić information content (AvgIpc) is 2.80. The van der Waals surface area contributed by atoms with Gasteiger partial charge in [0.15, 0.2) is 0 Å². The van der Waals surface area contributed by atoms with Gasteiger partial charge in [0.1, 0.15) is 30.5 Å². The third-order valence-corrected chi connectivity index (χ3v) is 5.87. The standard InChI is InChI=1S/C26H50O6/c1-6-11-16-28-22(20-27)24-26(31-19-14-9-4)25(30-18-13-8-3)23(29-17-12-7-2)21(32-24)15-10-5/h10,21-27H,5-9,11-20H2,1-4H3/t21-,22+,23-,24?,25?,26+/m0/s1. The number of unbranched alkanes of at least 4 members (excludes halogenated alkanes) is 4. The Morgan fingerprint density at radius 3 is 1.78 bits per heavy atom. The molecular formula is C26H50O6. The summed E-state index contributed by atoms with van der Waals surface area (Å²) in [5.74, 6) is 0. The molecular weight excluding hydrogens is 408 g/mol. The maximum absolute atomic E-state index is 10.2. The quantitative estimate of drug-likeness (QED) is 0.203. The molecule has 190 valence electrons. The largest absolute Gasteiger partial charge is 0.394 e. The van der Waals surface area contributed by atoms with Gasteiger partial charge in [-0.1, -0.05) is 59.5 Å². The van der Waals surface area contributed by atoms with Gasteiger partial charge in [-0.25, -0.2) is 0 Å². The molecule has 32 heavy (non-hydrogen) atoms. The molecule has 0 saturated carbocycles. The van der Waals surface area contributed by atoms with Gasteiger partial charge >= 0.3 is 0 Å². The van der Waals surface area contributed by atoms with E-state index in [0.717, 1.165) is 51.4 Å². The van der Waals surface area contributed by atoms with Crippen LogP contribution >= 0.6 is 0 Å². The zero-order valence-corrected chi connectivity index (χ0v) is 21.1. The number of rotatable bonds is 20. The highest BCUT2D eigenvalue weighted by molar-refractivity contribution is 5.00. The topological polar surface area (TPSA) is 66.4 Å². The number of ether oxygens (including phenoxy) is 5. The van der Waals surface area contributed by atoms with Crippen LogP contribution in [0.3, 0.4) is 0 Å². The van der Waals surface area contributed by atoms with Crippen molar-refractivity contribution in [1.29, 1.82) is 0 Å². The smallest absolute Gasteiger partial charge is 0.115 e. The highest BCUT2D eigenvalue weighted by atomic mass is 16.6. The first-order valence-corrected chi connectivity index (χ1v) is 13.0. The van der Waals surface area contributed by atoms with Gasteiger partial charge in [-0.05, 0) is 32.1 Å². The Morgan fingerprint density at radius 1 is 0.781 bits per heavy atom. The van der Waals surface area contributed by atoms with Gasteiger partial charge in [0.05, 0.1) is 12.7 Å². The first-order chi connectivity index (χ1) is 15.7. The van der Waals surface area contributed by atoms with Gasteiger partial charge in [0, 0.05) is 26.4 Å². The van der Waals surface area contributed by atoms with E-state index in [1.54, 1.807) is 0 Å². The van der Waals surface area contributed by atoms with Gasteiger partial charge in [-0.15, -0.1) is 6.58 Å². The Labute approximate surface area is 197 Å². The van der Waals surface area contributed by atoms with Gasteiger partial charge in [0.2, 0.25) is 0 Å². The van der Waals surface area contributed by atoms with Crippen LogP contribution in [0.15, 0.2) is 12.7 Å². The van der Waals surface area contributed by atoms with E-state index in [4.69, 9.17) is 23.7 Å². The maximum Gasteiger partial charge on any atom is 0.115 e. The molecule has 1 saturated heterocycles. The molecule has 1 rings (SSSR count). The Hall–Kier alpha value is -0.500. The molecule has 0 aliphatic carbocycles. The van der Waals surface area contributed by atoms with Crippen molar-refractivity contribution in [3.63, 3.8) is 0 Å². The van der Waals surface area contributed by atoms with Crippen molar-refractivity contribution in [3.05, 3.63) is 12.7 Å². The molecule has 0 spiro atoms. The lowest BCUT2D eigenvalue weighted by atomic mass is 9.90. The summed E-state index contributed by atoms with van der Waals surface area (Å²) >= 11 is 0. The normalized spacial score (nSPS) is 26.8. The fraction of sp³-hybridized carbons (Fsp3) is 0.923. The van der Waals surface area contributed by atoms with Crippen molar-refractivity contribution in [1.82, 2.24) is 0 Å². The van der Waals surface area contributed by atoms with Crippen molar-refractivity contribution in [2.24, 2.45) is 0 Å². The fourth-order valence-corrected chi connectivity index (χ4v) is 3.90. The monoisotopic (exact) mass is 458 g/mol. The van der Waals surface area contributed by atoms with Gasteiger partial charge in [0.25, 0.3) is 0 Å². The zero-order chi connectivity index (χ0) is 23.6. The molecule has 0 aromatic heterocycles. The molecule has 6 heteroatoms. The minimum Gasteiger partial charge on any atom is -0.394 e. The summed E-state index contributed by atoms with van der Waals surface area (Å²) in [6.45, 7) is 14.9. The molecule has 1 aliphatic rings. The highest BCUT2D eigenvalue weighted by Gasteiger charge is 2.50. The van der Waals surface area contributed by atoms with Gasteiger partial charge in [-0.3, -0.25) is 0 Å². The molecule has 1 N–H and O–H groups in total. The summed E-state index contributed by atoms with van der Waals surface area (Å²) < 4.78 is 31.8. The SMILES string of the molecule is C=CC[C@@H]1OC([C@@H](CO)OCCCC)[C@@H](OCCCC)C(OCCCC)[C@H]1OCCCC. The van der Waals surface area contributed by atoms with Crippen LogP contribution in [-0.2, 0) is 23.7 Å². The van der Waals surface area contributed by atoms with Gasteiger partial charge < -0.3 is 28.8 Å². The second-order valence-corrected chi connectivity index (χ2v) is 8.68. The molecule has 1 fully saturated rings. The first-order valence-electron chi connectivity index (χ1n) is 13.0. The van der Waals surface area contributed by atoms with Crippen LogP contribution in [0.25, 0.3) is 0 Å². The van der Waals surface area contributed by atoms with E-state index >= 15 is 0 Å². The summed E-state index contributed by atoms with van der Waals surface area (Å²) in [4.78, 5) is 0. The minimum absolute atomic E-state index is 0.119. The molecule has 0 radical (unpaired) electrons. The predicted molar refractivity (Wildman–Crippen MR) is 129 cm³/mol. The molecule has 6 atom stereocenters. The first kappa shape index (κ1) is 29.5. The summed E-state index contributed by atoms with van der Waals surface area (Å²) in [6, 6.07) is 0. The van der Waals surface area contributed by atoms with E-state index in [2.05, 4.69) is 34.3 Å². The summed E-state index contributed by atoms with van der Waals surface area (Å²) in [7, 11) is 0.